The Labute approximate surface area is 94.6 Å². The van der Waals surface area contributed by atoms with Gasteiger partial charge in [0.15, 0.2) is 0 Å². The van der Waals surface area contributed by atoms with Crippen molar-refractivity contribution in [2.75, 3.05) is 24.4 Å². The number of anilines is 1. The monoisotopic (exact) mass is 227 g/mol. The first-order chi connectivity index (χ1) is 7.19. The smallest absolute Gasteiger partial charge is 0.241 e. The molecule has 1 aromatic carbocycles. The molecule has 0 spiro atoms. The van der Waals surface area contributed by atoms with Crippen molar-refractivity contribution in [1.29, 1.82) is 0 Å². The summed E-state index contributed by atoms with van der Waals surface area (Å²) in [6.07, 6.45) is 0. The van der Waals surface area contributed by atoms with E-state index < -0.39 is 0 Å². The van der Waals surface area contributed by atoms with Gasteiger partial charge in [-0.1, -0.05) is 0 Å². The van der Waals surface area contributed by atoms with Crippen LogP contribution in [0.25, 0.3) is 0 Å². The zero-order chi connectivity index (χ0) is 11.3. The number of hydrogen-bond donors (Lipinski definition) is 0. The Morgan fingerprint density at radius 1 is 1.40 bits per heavy atom. The SMILES string of the molecule is CCOc1ccc(N(C)C(=O)CCl)cc1. The van der Waals surface area contributed by atoms with Crippen molar-refractivity contribution in [3.05, 3.63) is 24.3 Å². The number of alkyl halides is 1. The highest BCUT2D eigenvalue weighted by Gasteiger charge is 2.08. The van der Waals surface area contributed by atoms with E-state index in [4.69, 9.17) is 16.3 Å². The lowest BCUT2D eigenvalue weighted by Crippen LogP contribution is -2.26. The number of carbonyl (C=O) groups excluding carboxylic acids is 1. The fraction of sp³-hybridized carbons (Fsp3) is 0.364. The minimum Gasteiger partial charge on any atom is -0.494 e. The molecule has 0 saturated carbocycles. The molecule has 0 aliphatic rings. The molecule has 1 amide bonds. The highest BCUT2D eigenvalue weighted by Crippen LogP contribution is 2.18. The largest absolute Gasteiger partial charge is 0.494 e. The third kappa shape index (κ3) is 3.13. The summed E-state index contributed by atoms with van der Waals surface area (Å²) in [5, 5.41) is 0. The van der Waals surface area contributed by atoms with Crippen LogP contribution in [0.3, 0.4) is 0 Å². The summed E-state index contributed by atoms with van der Waals surface area (Å²) in [7, 11) is 1.69. The van der Waals surface area contributed by atoms with Gasteiger partial charge in [0.2, 0.25) is 5.91 Å². The molecule has 0 radical (unpaired) electrons. The van der Waals surface area contributed by atoms with Crippen molar-refractivity contribution in [3.63, 3.8) is 0 Å². The van der Waals surface area contributed by atoms with Gasteiger partial charge in [-0.3, -0.25) is 4.79 Å². The molecule has 0 heterocycles. The molecule has 0 atom stereocenters. The molecule has 0 fully saturated rings. The summed E-state index contributed by atoms with van der Waals surface area (Å²) in [5.74, 6) is 0.665. The molecule has 0 bridgehead atoms. The Morgan fingerprint density at radius 2 is 2.00 bits per heavy atom. The second kappa shape index (κ2) is 5.61. The number of amides is 1. The van der Waals surface area contributed by atoms with Crippen LogP contribution in [0.1, 0.15) is 6.92 Å². The van der Waals surface area contributed by atoms with Crippen molar-refractivity contribution < 1.29 is 9.53 Å². The van der Waals surface area contributed by atoms with Crippen LogP contribution in [-0.4, -0.2) is 25.4 Å². The van der Waals surface area contributed by atoms with Crippen LogP contribution in [0.15, 0.2) is 24.3 Å². The van der Waals surface area contributed by atoms with E-state index in [0.717, 1.165) is 11.4 Å². The normalized spacial score (nSPS) is 9.80. The molecule has 1 rings (SSSR count). The minimum absolute atomic E-state index is 0.0102. The van der Waals surface area contributed by atoms with Gasteiger partial charge in [0, 0.05) is 12.7 Å². The molecule has 0 aromatic heterocycles. The average Bonchev–Trinajstić information content (AvgIpc) is 2.28. The summed E-state index contributed by atoms with van der Waals surface area (Å²) in [4.78, 5) is 12.8. The number of benzene rings is 1. The van der Waals surface area contributed by atoms with Crippen LogP contribution < -0.4 is 9.64 Å². The molecular formula is C11H14ClNO2. The Bertz CT molecular complexity index is 324. The zero-order valence-electron chi connectivity index (χ0n) is 8.87. The quantitative estimate of drug-likeness (QED) is 0.739. The molecule has 0 saturated heterocycles. The van der Waals surface area contributed by atoms with Crippen LogP contribution >= 0.6 is 11.6 Å². The Hall–Kier alpha value is -1.22. The third-order valence-electron chi connectivity index (χ3n) is 2.02. The number of halogens is 1. The van der Waals surface area contributed by atoms with Gasteiger partial charge < -0.3 is 9.64 Å². The molecule has 82 valence electrons. The van der Waals surface area contributed by atoms with E-state index in [2.05, 4.69) is 0 Å². The molecule has 0 aliphatic carbocycles. The molecule has 0 unspecified atom stereocenters. The van der Waals surface area contributed by atoms with Gasteiger partial charge >= 0.3 is 0 Å². The van der Waals surface area contributed by atoms with Gasteiger partial charge in [-0.2, -0.15) is 0 Å². The van der Waals surface area contributed by atoms with Crippen molar-refractivity contribution in [3.8, 4) is 5.75 Å². The maximum absolute atomic E-state index is 11.3. The fourth-order valence-electron chi connectivity index (χ4n) is 1.17. The molecule has 0 N–H and O–H groups in total. The maximum Gasteiger partial charge on any atom is 0.241 e. The van der Waals surface area contributed by atoms with Crippen molar-refractivity contribution in [2.45, 2.75) is 6.92 Å². The summed E-state index contributed by atoms with van der Waals surface area (Å²) in [6, 6.07) is 7.32. The summed E-state index contributed by atoms with van der Waals surface area (Å²) in [6.45, 7) is 2.56. The van der Waals surface area contributed by atoms with E-state index in [1.807, 2.05) is 31.2 Å². The number of nitrogens with zero attached hydrogens (tertiary/aromatic N) is 1. The van der Waals surface area contributed by atoms with Gasteiger partial charge in [0.05, 0.1) is 6.61 Å². The molecule has 0 aliphatic heterocycles. The minimum atomic E-state index is -0.124. The summed E-state index contributed by atoms with van der Waals surface area (Å²) >= 11 is 5.46. The van der Waals surface area contributed by atoms with Crippen LogP contribution in [-0.2, 0) is 4.79 Å². The Balaban J connectivity index is 2.75. The molecule has 4 heteroatoms. The zero-order valence-corrected chi connectivity index (χ0v) is 9.62. The lowest BCUT2D eigenvalue weighted by atomic mass is 10.3. The predicted octanol–water partition coefficient (Wildman–Crippen LogP) is 2.29. The van der Waals surface area contributed by atoms with Crippen LogP contribution in [0.5, 0.6) is 5.75 Å². The first-order valence-electron chi connectivity index (χ1n) is 4.74. The maximum atomic E-state index is 11.3. The Kier molecular flexibility index (Phi) is 4.43. The molecule has 1 aromatic rings. The van der Waals surface area contributed by atoms with Gasteiger partial charge in [0.25, 0.3) is 0 Å². The molecule has 15 heavy (non-hydrogen) atoms. The number of ether oxygens (including phenoxy) is 1. The highest BCUT2D eigenvalue weighted by atomic mass is 35.5. The first kappa shape index (κ1) is 11.9. The van der Waals surface area contributed by atoms with Crippen LogP contribution in [0.4, 0.5) is 5.69 Å². The first-order valence-corrected chi connectivity index (χ1v) is 5.28. The van der Waals surface area contributed by atoms with Gasteiger partial charge in [-0.05, 0) is 31.2 Å². The number of hydrogen-bond acceptors (Lipinski definition) is 2. The molecular weight excluding hydrogens is 214 g/mol. The van der Waals surface area contributed by atoms with E-state index in [1.54, 1.807) is 7.05 Å². The standard InChI is InChI=1S/C11H14ClNO2/c1-3-15-10-6-4-9(5-7-10)13(2)11(14)8-12/h4-7H,3,8H2,1-2H3. The van der Waals surface area contributed by atoms with Gasteiger partial charge in [0.1, 0.15) is 11.6 Å². The van der Waals surface area contributed by atoms with E-state index in [9.17, 15) is 4.79 Å². The number of rotatable bonds is 4. The van der Waals surface area contributed by atoms with Gasteiger partial charge in [-0.15, -0.1) is 11.6 Å². The van der Waals surface area contributed by atoms with Crippen molar-refractivity contribution >= 4 is 23.2 Å². The van der Waals surface area contributed by atoms with E-state index in [0.29, 0.717) is 6.61 Å². The van der Waals surface area contributed by atoms with Crippen molar-refractivity contribution in [1.82, 2.24) is 0 Å². The summed E-state index contributed by atoms with van der Waals surface area (Å²) in [5.41, 5.74) is 0.809. The molecule has 3 nitrogen and oxygen atoms in total. The number of carbonyl (C=O) groups is 1. The predicted molar refractivity (Wildman–Crippen MR) is 61.7 cm³/mol. The fourth-order valence-corrected chi connectivity index (χ4v) is 1.35. The lowest BCUT2D eigenvalue weighted by molar-refractivity contribution is -0.116. The topological polar surface area (TPSA) is 29.5 Å². The Morgan fingerprint density at radius 3 is 2.47 bits per heavy atom. The lowest BCUT2D eigenvalue weighted by Gasteiger charge is -2.16. The highest BCUT2D eigenvalue weighted by molar-refractivity contribution is 6.29. The second-order valence-electron chi connectivity index (χ2n) is 3.01. The average molecular weight is 228 g/mol. The summed E-state index contributed by atoms with van der Waals surface area (Å²) < 4.78 is 5.30. The van der Waals surface area contributed by atoms with Gasteiger partial charge in [-0.25, -0.2) is 0 Å². The van der Waals surface area contributed by atoms with E-state index in [1.165, 1.54) is 4.90 Å². The van der Waals surface area contributed by atoms with Crippen molar-refractivity contribution in [2.24, 2.45) is 0 Å². The van der Waals surface area contributed by atoms with E-state index in [-0.39, 0.29) is 11.8 Å². The second-order valence-corrected chi connectivity index (χ2v) is 3.28. The van der Waals surface area contributed by atoms with E-state index >= 15 is 0 Å². The van der Waals surface area contributed by atoms with Crippen LogP contribution in [0.2, 0.25) is 0 Å². The third-order valence-corrected chi connectivity index (χ3v) is 2.25. The van der Waals surface area contributed by atoms with Crippen LogP contribution in [0, 0.1) is 0 Å².